The Morgan fingerprint density at radius 1 is 1.36 bits per heavy atom. The molecule has 0 aromatic rings. The number of carbonyl (C=O) groups is 1. The molecule has 14 heavy (non-hydrogen) atoms. The van der Waals surface area contributed by atoms with Crippen molar-refractivity contribution in [3.63, 3.8) is 0 Å². The molecule has 3 nitrogen and oxygen atoms in total. The molecule has 1 fully saturated rings. The first-order valence-electron chi connectivity index (χ1n) is 5.40. The maximum Gasteiger partial charge on any atom is 0.124 e. The van der Waals surface area contributed by atoms with Gasteiger partial charge in [0.25, 0.3) is 0 Å². The maximum absolute atomic E-state index is 10.6. The van der Waals surface area contributed by atoms with Crippen LogP contribution in [-0.4, -0.2) is 43.5 Å². The average Bonchev–Trinajstić information content (AvgIpc) is 1.99. The van der Waals surface area contributed by atoms with E-state index in [0.29, 0.717) is 12.0 Å². The fourth-order valence-corrected chi connectivity index (χ4v) is 1.69. The molecule has 1 unspecified atom stereocenters. The molecule has 0 bridgehead atoms. The second kappa shape index (κ2) is 5.47. The number of nitrogens with zero attached hydrogens (tertiary/aromatic N) is 1. The van der Waals surface area contributed by atoms with Crippen LogP contribution in [0.4, 0.5) is 0 Å². The van der Waals surface area contributed by atoms with Crippen molar-refractivity contribution in [2.45, 2.75) is 26.8 Å². The van der Waals surface area contributed by atoms with Gasteiger partial charge in [0.2, 0.25) is 0 Å². The van der Waals surface area contributed by atoms with E-state index in [1.54, 1.807) is 0 Å². The summed E-state index contributed by atoms with van der Waals surface area (Å²) in [6.45, 7) is 9.98. The van der Waals surface area contributed by atoms with E-state index in [4.69, 9.17) is 4.74 Å². The van der Waals surface area contributed by atoms with Crippen LogP contribution < -0.4 is 0 Å². The molecule has 3 heteroatoms. The Morgan fingerprint density at radius 3 is 2.36 bits per heavy atom. The highest BCUT2D eigenvalue weighted by Crippen LogP contribution is 2.14. The third kappa shape index (κ3) is 3.39. The fraction of sp³-hybridized carbons (Fsp3) is 0.909. The summed E-state index contributed by atoms with van der Waals surface area (Å²) in [7, 11) is 0. The van der Waals surface area contributed by atoms with Crippen molar-refractivity contribution in [2.24, 2.45) is 11.8 Å². The van der Waals surface area contributed by atoms with Gasteiger partial charge in [-0.2, -0.15) is 0 Å². The van der Waals surface area contributed by atoms with Crippen molar-refractivity contribution < 1.29 is 9.53 Å². The second-order valence-corrected chi connectivity index (χ2v) is 4.65. The first kappa shape index (κ1) is 11.7. The molecule has 0 N–H and O–H groups in total. The molecule has 0 spiro atoms. The predicted octanol–water partition coefficient (Wildman–Crippen LogP) is 1.18. The molecular weight excluding hydrogens is 178 g/mol. The Balaban J connectivity index is 2.38. The molecule has 1 heterocycles. The number of hydrogen-bond donors (Lipinski definition) is 0. The van der Waals surface area contributed by atoms with Crippen molar-refractivity contribution in [3.05, 3.63) is 0 Å². The quantitative estimate of drug-likeness (QED) is 0.602. The van der Waals surface area contributed by atoms with E-state index in [1.807, 2.05) is 6.92 Å². The fourth-order valence-electron chi connectivity index (χ4n) is 1.69. The largest absolute Gasteiger partial charge is 0.378 e. The molecule has 1 aliphatic heterocycles. The summed E-state index contributed by atoms with van der Waals surface area (Å²) < 4.78 is 5.18. The van der Waals surface area contributed by atoms with Crippen LogP contribution in [0.15, 0.2) is 0 Å². The van der Waals surface area contributed by atoms with Crippen LogP contribution >= 0.6 is 0 Å². The zero-order chi connectivity index (χ0) is 10.6. The zero-order valence-corrected chi connectivity index (χ0v) is 9.40. The van der Waals surface area contributed by atoms with Gasteiger partial charge >= 0.3 is 0 Å². The highest BCUT2D eigenvalue weighted by molar-refractivity contribution is 5.53. The molecule has 1 atom stereocenters. The zero-order valence-electron chi connectivity index (χ0n) is 9.40. The third-order valence-corrected chi connectivity index (χ3v) is 2.49. The molecule has 1 saturated heterocycles. The van der Waals surface area contributed by atoms with E-state index >= 15 is 0 Å². The Hall–Kier alpha value is -0.410. The lowest BCUT2D eigenvalue weighted by atomic mass is 10.1. The molecular formula is C11H21NO2. The molecule has 82 valence electrons. The second-order valence-electron chi connectivity index (χ2n) is 4.65. The van der Waals surface area contributed by atoms with Crippen LogP contribution in [0.2, 0.25) is 0 Å². The molecule has 1 rings (SSSR count). The topological polar surface area (TPSA) is 29.5 Å². The van der Waals surface area contributed by atoms with E-state index in [9.17, 15) is 4.79 Å². The first-order chi connectivity index (χ1) is 6.63. The van der Waals surface area contributed by atoms with Gasteiger partial charge in [-0.3, -0.25) is 4.90 Å². The van der Waals surface area contributed by atoms with E-state index in [2.05, 4.69) is 18.7 Å². The lowest BCUT2D eigenvalue weighted by Crippen LogP contribution is -2.51. The molecule has 0 amide bonds. The summed E-state index contributed by atoms with van der Waals surface area (Å²) in [6, 6.07) is 0.541. The maximum atomic E-state index is 10.6. The standard InChI is InChI=1S/C11H21NO2/c1-9(2)4-12(5-10(3)6-13)11-7-14-8-11/h6,9-11H,4-5,7-8H2,1-3H3. The minimum atomic E-state index is 0.134. The van der Waals surface area contributed by atoms with Crippen molar-refractivity contribution in [2.75, 3.05) is 26.3 Å². The number of rotatable bonds is 6. The summed E-state index contributed by atoms with van der Waals surface area (Å²) in [5.74, 6) is 0.781. The minimum absolute atomic E-state index is 0.134. The number of hydrogen-bond acceptors (Lipinski definition) is 3. The number of ether oxygens (including phenoxy) is 1. The average molecular weight is 199 g/mol. The van der Waals surface area contributed by atoms with Crippen molar-refractivity contribution in [1.29, 1.82) is 0 Å². The van der Waals surface area contributed by atoms with Gasteiger partial charge in [-0.1, -0.05) is 20.8 Å². The SMILES string of the molecule is CC(C)CN(CC(C)C=O)C1COC1. The third-order valence-electron chi connectivity index (χ3n) is 2.49. The number of aldehydes is 1. The molecule has 0 aromatic carbocycles. The summed E-state index contributed by atoms with van der Waals surface area (Å²) in [4.78, 5) is 13.0. The van der Waals surface area contributed by atoms with Crippen molar-refractivity contribution in [3.8, 4) is 0 Å². The van der Waals surface area contributed by atoms with Crippen LogP contribution in [0.25, 0.3) is 0 Å². The van der Waals surface area contributed by atoms with E-state index < -0.39 is 0 Å². The normalized spacial score (nSPS) is 19.8. The van der Waals surface area contributed by atoms with E-state index in [1.165, 1.54) is 0 Å². The van der Waals surface area contributed by atoms with E-state index in [0.717, 1.165) is 32.6 Å². The lowest BCUT2D eigenvalue weighted by Gasteiger charge is -2.39. The van der Waals surface area contributed by atoms with Crippen LogP contribution in [0, 0.1) is 11.8 Å². The van der Waals surface area contributed by atoms with Crippen LogP contribution in [0.1, 0.15) is 20.8 Å². The minimum Gasteiger partial charge on any atom is -0.378 e. The Bertz CT molecular complexity index is 178. The van der Waals surface area contributed by atoms with Crippen LogP contribution in [0.3, 0.4) is 0 Å². The summed E-state index contributed by atoms with van der Waals surface area (Å²) in [5.41, 5.74) is 0. The van der Waals surface area contributed by atoms with Gasteiger partial charge in [-0.05, 0) is 5.92 Å². The Labute approximate surface area is 86.4 Å². The van der Waals surface area contributed by atoms with E-state index in [-0.39, 0.29) is 5.92 Å². The van der Waals surface area contributed by atoms with Gasteiger partial charge in [0.15, 0.2) is 0 Å². The first-order valence-corrected chi connectivity index (χ1v) is 5.40. The Kier molecular flexibility index (Phi) is 4.55. The van der Waals surface area contributed by atoms with Crippen LogP contribution in [0.5, 0.6) is 0 Å². The summed E-state index contributed by atoms with van der Waals surface area (Å²) in [5, 5.41) is 0. The van der Waals surface area contributed by atoms with Gasteiger partial charge in [0.05, 0.1) is 19.3 Å². The monoisotopic (exact) mass is 199 g/mol. The van der Waals surface area contributed by atoms with Gasteiger partial charge in [0, 0.05) is 19.0 Å². The lowest BCUT2D eigenvalue weighted by molar-refractivity contribution is -0.113. The van der Waals surface area contributed by atoms with Crippen molar-refractivity contribution in [1.82, 2.24) is 4.90 Å². The molecule has 0 aromatic heterocycles. The Morgan fingerprint density at radius 2 is 2.00 bits per heavy atom. The summed E-state index contributed by atoms with van der Waals surface area (Å²) in [6.07, 6.45) is 1.03. The molecule has 0 saturated carbocycles. The highest BCUT2D eigenvalue weighted by atomic mass is 16.5. The highest BCUT2D eigenvalue weighted by Gasteiger charge is 2.27. The predicted molar refractivity (Wildman–Crippen MR) is 56.2 cm³/mol. The smallest absolute Gasteiger partial charge is 0.124 e. The van der Waals surface area contributed by atoms with Crippen LogP contribution in [-0.2, 0) is 9.53 Å². The van der Waals surface area contributed by atoms with Gasteiger partial charge in [0.1, 0.15) is 6.29 Å². The van der Waals surface area contributed by atoms with Gasteiger partial charge in [-0.15, -0.1) is 0 Å². The molecule has 0 aliphatic carbocycles. The summed E-state index contributed by atoms with van der Waals surface area (Å²) >= 11 is 0. The van der Waals surface area contributed by atoms with Gasteiger partial charge in [-0.25, -0.2) is 0 Å². The van der Waals surface area contributed by atoms with Gasteiger partial charge < -0.3 is 9.53 Å². The van der Waals surface area contributed by atoms with Crippen molar-refractivity contribution >= 4 is 6.29 Å². The number of carbonyl (C=O) groups excluding carboxylic acids is 1. The molecule has 0 radical (unpaired) electrons. The molecule has 1 aliphatic rings.